The summed E-state index contributed by atoms with van der Waals surface area (Å²) in [6, 6.07) is 24.5. The maximum atomic E-state index is 11.9. The maximum Gasteiger partial charge on any atom is 0.337 e. The highest BCUT2D eigenvalue weighted by atomic mass is 16.5. The van der Waals surface area contributed by atoms with Gasteiger partial charge < -0.3 is 9.72 Å². The first kappa shape index (κ1) is 18.8. The highest BCUT2D eigenvalue weighted by Crippen LogP contribution is 2.26. The summed E-state index contributed by atoms with van der Waals surface area (Å²) in [5.41, 5.74) is 7.52. The van der Waals surface area contributed by atoms with Crippen LogP contribution in [-0.2, 0) is 11.2 Å². The number of fused-ring (bicyclic) bond motifs is 1. The number of aromatic amines is 1. The van der Waals surface area contributed by atoms with Gasteiger partial charge in [-0.1, -0.05) is 66.7 Å². The highest BCUT2D eigenvalue weighted by Gasteiger charge is 2.13. The van der Waals surface area contributed by atoms with E-state index < -0.39 is 0 Å². The summed E-state index contributed by atoms with van der Waals surface area (Å²) in [4.78, 5) is 15.3. The van der Waals surface area contributed by atoms with Gasteiger partial charge in [-0.15, -0.1) is 0 Å². The van der Waals surface area contributed by atoms with Crippen molar-refractivity contribution in [2.75, 3.05) is 7.11 Å². The predicted octanol–water partition coefficient (Wildman–Crippen LogP) is 6.02. The van der Waals surface area contributed by atoms with Gasteiger partial charge in [0.1, 0.15) is 0 Å². The molecule has 4 aromatic rings. The summed E-state index contributed by atoms with van der Waals surface area (Å²) >= 11 is 0. The smallest absolute Gasteiger partial charge is 0.337 e. The normalized spacial score (nSPS) is 11.2. The third-order valence-electron chi connectivity index (χ3n) is 5.17. The van der Waals surface area contributed by atoms with Gasteiger partial charge in [0.15, 0.2) is 0 Å². The average molecular weight is 381 g/mol. The zero-order chi connectivity index (χ0) is 20.2. The minimum atomic E-state index is -0.314. The van der Waals surface area contributed by atoms with E-state index in [4.69, 9.17) is 4.74 Å². The van der Waals surface area contributed by atoms with Crippen LogP contribution in [0.4, 0.5) is 0 Å². The van der Waals surface area contributed by atoms with Crippen LogP contribution in [0.3, 0.4) is 0 Å². The van der Waals surface area contributed by atoms with Crippen molar-refractivity contribution in [2.24, 2.45) is 0 Å². The van der Waals surface area contributed by atoms with E-state index in [1.807, 2.05) is 30.3 Å². The molecule has 0 saturated carbocycles. The summed E-state index contributed by atoms with van der Waals surface area (Å²) < 4.78 is 4.86. The standard InChI is InChI=1S/C26H23NO2/c1-18-23(24-17-22(26(28)29-2)14-15-25(24)27-18)16-21-12-10-20(11-13-21)9-8-19-6-4-3-5-7-19/h3-15,17,27H,16H2,1-2H3/b9-8+. The van der Waals surface area contributed by atoms with E-state index in [2.05, 4.69) is 60.5 Å². The molecule has 0 aliphatic rings. The van der Waals surface area contributed by atoms with Crippen molar-refractivity contribution < 1.29 is 9.53 Å². The first-order chi connectivity index (χ1) is 14.1. The van der Waals surface area contributed by atoms with Gasteiger partial charge in [-0.3, -0.25) is 0 Å². The van der Waals surface area contributed by atoms with Crippen molar-refractivity contribution in [3.63, 3.8) is 0 Å². The minimum Gasteiger partial charge on any atom is -0.465 e. The topological polar surface area (TPSA) is 42.1 Å². The molecule has 3 aromatic carbocycles. The molecule has 0 amide bonds. The molecule has 0 fully saturated rings. The first-order valence-corrected chi connectivity index (χ1v) is 9.65. The number of ether oxygens (including phenoxy) is 1. The Bertz CT molecular complexity index is 1170. The molecule has 1 heterocycles. The molecule has 0 spiro atoms. The number of H-pyrrole nitrogens is 1. The zero-order valence-electron chi connectivity index (χ0n) is 16.6. The summed E-state index contributed by atoms with van der Waals surface area (Å²) in [5, 5.41) is 1.07. The van der Waals surface area contributed by atoms with Crippen molar-refractivity contribution in [1.82, 2.24) is 4.98 Å². The lowest BCUT2D eigenvalue weighted by Gasteiger charge is -2.05. The number of aromatic nitrogens is 1. The quantitative estimate of drug-likeness (QED) is 0.339. The molecule has 0 aliphatic heterocycles. The molecule has 3 heteroatoms. The SMILES string of the molecule is COC(=O)c1ccc2[nH]c(C)c(Cc3ccc(/C=C/c4ccccc4)cc3)c2c1. The number of aryl methyl sites for hydroxylation is 1. The third kappa shape index (κ3) is 4.14. The summed E-state index contributed by atoms with van der Waals surface area (Å²) in [6.45, 7) is 2.07. The van der Waals surface area contributed by atoms with E-state index in [9.17, 15) is 4.79 Å². The zero-order valence-corrected chi connectivity index (χ0v) is 16.6. The molecular formula is C26H23NO2. The van der Waals surface area contributed by atoms with Crippen molar-refractivity contribution >= 4 is 29.0 Å². The van der Waals surface area contributed by atoms with Crippen LogP contribution in [0.15, 0.2) is 72.8 Å². The van der Waals surface area contributed by atoms with Gasteiger partial charge in [-0.25, -0.2) is 4.79 Å². The fourth-order valence-corrected chi connectivity index (χ4v) is 3.56. The number of benzene rings is 3. The van der Waals surface area contributed by atoms with E-state index in [0.717, 1.165) is 23.0 Å². The van der Waals surface area contributed by atoms with Gasteiger partial charge >= 0.3 is 5.97 Å². The van der Waals surface area contributed by atoms with Gasteiger partial charge in [0.2, 0.25) is 0 Å². The number of rotatable bonds is 5. The van der Waals surface area contributed by atoms with Crippen LogP contribution in [0.2, 0.25) is 0 Å². The Hall–Kier alpha value is -3.59. The molecule has 0 bridgehead atoms. The minimum absolute atomic E-state index is 0.314. The van der Waals surface area contributed by atoms with E-state index in [0.29, 0.717) is 5.56 Å². The largest absolute Gasteiger partial charge is 0.465 e. The van der Waals surface area contributed by atoms with Crippen molar-refractivity contribution in [2.45, 2.75) is 13.3 Å². The molecule has 4 rings (SSSR count). The Labute approximate surface area is 170 Å². The van der Waals surface area contributed by atoms with Gasteiger partial charge in [0, 0.05) is 16.6 Å². The van der Waals surface area contributed by atoms with Crippen LogP contribution in [-0.4, -0.2) is 18.1 Å². The van der Waals surface area contributed by atoms with Crippen LogP contribution in [0.1, 0.15) is 38.3 Å². The summed E-state index contributed by atoms with van der Waals surface area (Å²) in [7, 11) is 1.41. The van der Waals surface area contributed by atoms with Crippen molar-refractivity contribution in [3.8, 4) is 0 Å². The van der Waals surface area contributed by atoms with Crippen LogP contribution in [0.5, 0.6) is 0 Å². The van der Waals surface area contributed by atoms with E-state index in [1.165, 1.54) is 29.4 Å². The van der Waals surface area contributed by atoms with E-state index in [1.54, 1.807) is 6.07 Å². The van der Waals surface area contributed by atoms with Gasteiger partial charge in [-0.2, -0.15) is 0 Å². The molecule has 3 nitrogen and oxygen atoms in total. The monoisotopic (exact) mass is 381 g/mol. The van der Waals surface area contributed by atoms with Crippen LogP contribution < -0.4 is 0 Å². The first-order valence-electron chi connectivity index (χ1n) is 9.65. The van der Waals surface area contributed by atoms with Crippen molar-refractivity contribution in [1.29, 1.82) is 0 Å². The number of esters is 1. The lowest BCUT2D eigenvalue weighted by atomic mass is 9.99. The Balaban J connectivity index is 1.57. The molecular weight excluding hydrogens is 358 g/mol. The number of carbonyl (C=O) groups excluding carboxylic acids is 1. The molecule has 0 atom stereocenters. The Morgan fingerprint density at radius 1 is 0.931 bits per heavy atom. The Morgan fingerprint density at radius 2 is 1.62 bits per heavy atom. The van der Waals surface area contributed by atoms with Gasteiger partial charge in [0.25, 0.3) is 0 Å². The number of hydrogen-bond acceptors (Lipinski definition) is 2. The second-order valence-electron chi connectivity index (χ2n) is 7.14. The summed E-state index contributed by atoms with van der Waals surface area (Å²) in [5.74, 6) is -0.314. The second kappa shape index (κ2) is 8.19. The Morgan fingerprint density at radius 3 is 2.31 bits per heavy atom. The Kier molecular flexibility index (Phi) is 5.30. The lowest BCUT2D eigenvalue weighted by molar-refractivity contribution is 0.0601. The van der Waals surface area contributed by atoms with E-state index >= 15 is 0 Å². The fourth-order valence-electron chi connectivity index (χ4n) is 3.56. The molecule has 144 valence electrons. The molecule has 0 radical (unpaired) electrons. The maximum absolute atomic E-state index is 11.9. The van der Waals surface area contributed by atoms with Gasteiger partial charge in [-0.05, 0) is 53.8 Å². The molecule has 29 heavy (non-hydrogen) atoms. The van der Waals surface area contributed by atoms with Crippen molar-refractivity contribution in [3.05, 3.63) is 106 Å². The highest BCUT2D eigenvalue weighted by molar-refractivity contribution is 5.96. The van der Waals surface area contributed by atoms with Crippen LogP contribution >= 0.6 is 0 Å². The molecule has 0 saturated heterocycles. The number of hydrogen-bond donors (Lipinski definition) is 1. The molecule has 1 aromatic heterocycles. The number of nitrogens with one attached hydrogen (secondary N) is 1. The molecule has 1 N–H and O–H groups in total. The van der Waals surface area contributed by atoms with Crippen LogP contribution in [0, 0.1) is 6.92 Å². The van der Waals surface area contributed by atoms with E-state index in [-0.39, 0.29) is 5.97 Å². The molecule has 0 unspecified atom stereocenters. The lowest BCUT2D eigenvalue weighted by Crippen LogP contribution is -2.00. The molecule has 0 aliphatic carbocycles. The second-order valence-corrected chi connectivity index (χ2v) is 7.14. The summed E-state index contributed by atoms with van der Waals surface area (Å²) in [6.07, 6.45) is 5.05. The van der Waals surface area contributed by atoms with Crippen LogP contribution in [0.25, 0.3) is 23.1 Å². The predicted molar refractivity (Wildman–Crippen MR) is 119 cm³/mol. The third-order valence-corrected chi connectivity index (χ3v) is 5.17. The average Bonchev–Trinajstić information content (AvgIpc) is 3.07. The number of methoxy groups -OCH3 is 1. The van der Waals surface area contributed by atoms with Gasteiger partial charge in [0.05, 0.1) is 12.7 Å². The fraction of sp³-hybridized carbons (Fsp3) is 0.115. The number of carbonyl (C=O) groups is 1.